The maximum absolute atomic E-state index is 13.3. The summed E-state index contributed by atoms with van der Waals surface area (Å²) in [6.45, 7) is 0. The first-order valence-electron chi connectivity index (χ1n) is 5.19. The molecule has 0 saturated carbocycles. The molecule has 0 atom stereocenters. The Morgan fingerprint density at radius 2 is 1.58 bits per heavy atom. The molecule has 0 fully saturated rings. The maximum atomic E-state index is 13.3. The van der Waals surface area contributed by atoms with Crippen LogP contribution in [0.15, 0.2) is 36.4 Å². The van der Waals surface area contributed by atoms with Gasteiger partial charge >= 0.3 is 0 Å². The fourth-order valence-corrected chi connectivity index (χ4v) is 1.50. The predicted molar refractivity (Wildman–Crippen MR) is 60.7 cm³/mol. The van der Waals surface area contributed by atoms with Gasteiger partial charge in [-0.15, -0.1) is 0 Å². The Labute approximate surface area is 105 Å². The van der Waals surface area contributed by atoms with Crippen LogP contribution >= 0.6 is 0 Å². The van der Waals surface area contributed by atoms with Crippen molar-refractivity contribution < 1.29 is 22.4 Å². The van der Waals surface area contributed by atoms with Crippen LogP contribution < -0.4 is 5.32 Å². The van der Waals surface area contributed by atoms with E-state index in [0.29, 0.717) is 6.07 Å². The lowest BCUT2D eigenvalue weighted by atomic mass is 10.2. The predicted octanol–water partition coefficient (Wildman–Crippen LogP) is 3.50. The van der Waals surface area contributed by atoms with Crippen molar-refractivity contribution >= 4 is 11.6 Å². The van der Waals surface area contributed by atoms with Gasteiger partial charge in [0.05, 0.1) is 5.56 Å². The molecular formula is C13H7F4NO. The molecule has 0 heterocycles. The Bertz CT molecular complexity index is 622. The van der Waals surface area contributed by atoms with Crippen molar-refractivity contribution in [2.24, 2.45) is 0 Å². The molecule has 0 aliphatic carbocycles. The van der Waals surface area contributed by atoms with Crippen molar-refractivity contribution in [1.82, 2.24) is 0 Å². The number of hydrogen-bond donors (Lipinski definition) is 1. The van der Waals surface area contributed by atoms with E-state index in [-0.39, 0.29) is 5.69 Å². The van der Waals surface area contributed by atoms with Crippen molar-refractivity contribution in [2.45, 2.75) is 0 Å². The van der Waals surface area contributed by atoms with Crippen molar-refractivity contribution in [1.29, 1.82) is 0 Å². The van der Waals surface area contributed by atoms with E-state index in [1.807, 2.05) is 0 Å². The Morgan fingerprint density at radius 3 is 2.21 bits per heavy atom. The Balaban J connectivity index is 2.28. The molecule has 2 aromatic carbocycles. The first-order valence-corrected chi connectivity index (χ1v) is 5.19. The molecule has 6 heteroatoms. The molecular weight excluding hydrogens is 262 g/mol. The second kappa shape index (κ2) is 5.09. The summed E-state index contributed by atoms with van der Waals surface area (Å²) >= 11 is 0. The van der Waals surface area contributed by atoms with Gasteiger partial charge in [-0.3, -0.25) is 4.79 Å². The molecule has 2 nitrogen and oxygen atoms in total. The van der Waals surface area contributed by atoms with Crippen LogP contribution in [0.25, 0.3) is 0 Å². The standard InChI is InChI=1S/C13H7F4NO/c14-7-4-8(15)6-9(5-7)18-13(19)10-2-1-3-11(16)12(10)17/h1-6H,(H,18,19). The molecule has 0 bridgehead atoms. The Morgan fingerprint density at radius 1 is 0.947 bits per heavy atom. The van der Waals surface area contributed by atoms with E-state index in [4.69, 9.17) is 0 Å². The third kappa shape index (κ3) is 2.90. The lowest BCUT2D eigenvalue weighted by Crippen LogP contribution is -2.14. The normalized spacial score (nSPS) is 10.3. The lowest BCUT2D eigenvalue weighted by Gasteiger charge is -2.06. The quantitative estimate of drug-likeness (QED) is 0.831. The summed E-state index contributed by atoms with van der Waals surface area (Å²) < 4.78 is 52.1. The summed E-state index contributed by atoms with van der Waals surface area (Å²) in [4.78, 5) is 11.6. The van der Waals surface area contributed by atoms with E-state index < -0.39 is 34.7 Å². The number of nitrogens with one attached hydrogen (secondary N) is 1. The first kappa shape index (κ1) is 13.1. The number of halogens is 4. The summed E-state index contributed by atoms with van der Waals surface area (Å²) in [6, 6.07) is 5.41. The number of anilines is 1. The van der Waals surface area contributed by atoms with Crippen molar-refractivity contribution in [3.63, 3.8) is 0 Å². The highest BCUT2D eigenvalue weighted by molar-refractivity contribution is 6.04. The van der Waals surface area contributed by atoms with Crippen molar-refractivity contribution in [3.05, 3.63) is 65.2 Å². The van der Waals surface area contributed by atoms with Crippen LogP contribution in [0.4, 0.5) is 23.2 Å². The van der Waals surface area contributed by atoms with Crippen LogP contribution in [-0.2, 0) is 0 Å². The number of carbonyl (C=O) groups excluding carboxylic acids is 1. The second-order valence-corrected chi connectivity index (χ2v) is 3.71. The number of carbonyl (C=O) groups is 1. The maximum Gasteiger partial charge on any atom is 0.258 e. The van der Waals surface area contributed by atoms with Crippen LogP contribution in [-0.4, -0.2) is 5.91 Å². The number of amides is 1. The molecule has 0 saturated heterocycles. The van der Waals surface area contributed by atoms with Crippen LogP contribution in [0.2, 0.25) is 0 Å². The number of benzene rings is 2. The minimum absolute atomic E-state index is 0.189. The van der Waals surface area contributed by atoms with Crippen LogP contribution in [0.1, 0.15) is 10.4 Å². The highest BCUT2D eigenvalue weighted by Gasteiger charge is 2.15. The Hall–Kier alpha value is -2.37. The van der Waals surface area contributed by atoms with Crippen molar-refractivity contribution in [3.8, 4) is 0 Å². The van der Waals surface area contributed by atoms with Gasteiger partial charge in [-0.25, -0.2) is 17.6 Å². The third-order valence-corrected chi connectivity index (χ3v) is 2.32. The second-order valence-electron chi connectivity index (χ2n) is 3.71. The molecule has 1 N–H and O–H groups in total. The smallest absolute Gasteiger partial charge is 0.258 e. The summed E-state index contributed by atoms with van der Waals surface area (Å²) in [7, 11) is 0. The molecule has 2 rings (SSSR count). The largest absolute Gasteiger partial charge is 0.322 e. The highest BCUT2D eigenvalue weighted by Crippen LogP contribution is 2.16. The van der Waals surface area contributed by atoms with E-state index in [2.05, 4.69) is 5.32 Å². The molecule has 0 spiro atoms. The lowest BCUT2D eigenvalue weighted by molar-refractivity contribution is 0.102. The molecule has 0 aromatic heterocycles. The van der Waals surface area contributed by atoms with Gasteiger partial charge in [0.1, 0.15) is 11.6 Å². The molecule has 98 valence electrons. The third-order valence-electron chi connectivity index (χ3n) is 2.32. The molecule has 0 aliphatic heterocycles. The van der Waals surface area contributed by atoms with Gasteiger partial charge in [0.2, 0.25) is 0 Å². The fraction of sp³-hybridized carbons (Fsp3) is 0. The van der Waals surface area contributed by atoms with E-state index in [0.717, 1.165) is 30.3 Å². The van der Waals surface area contributed by atoms with E-state index in [9.17, 15) is 22.4 Å². The number of rotatable bonds is 2. The van der Waals surface area contributed by atoms with Gasteiger partial charge in [-0.2, -0.15) is 0 Å². The van der Waals surface area contributed by atoms with Crippen molar-refractivity contribution in [2.75, 3.05) is 5.32 Å². The zero-order valence-corrected chi connectivity index (χ0v) is 9.38. The fourth-order valence-electron chi connectivity index (χ4n) is 1.50. The van der Waals surface area contributed by atoms with Gasteiger partial charge in [0.25, 0.3) is 5.91 Å². The van der Waals surface area contributed by atoms with Gasteiger partial charge in [0, 0.05) is 11.8 Å². The average molecular weight is 269 g/mol. The van der Waals surface area contributed by atoms with Crippen LogP contribution in [0.3, 0.4) is 0 Å². The molecule has 19 heavy (non-hydrogen) atoms. The van der Waals surface area contributed by atoms with Gasteiger partial charge in [-0.1, -0.05) is 6.07 Å². The molecule has 2 aromatic rings. The Kier molecular flexibility index (Phi) is 3.50. The minimum atomic E-state index is -1.32. The van der Waals surface area contributed by atoms with Gasteiger partial charge < -0.3 is 5.32 Å². The summed E-state index contributed by atoms with van der Waals surface area (Å²) in [5, 5.41) is 2.08. The van der Waals surface area contributed by atoms with E-state index in [1.165, 1.54) is 0 Å². The summed E-state index contributed by atoms with van der Waals surface area (Å²) in [6.07, 6.45) is 0. The first-order chi connectivity index (χ1) is 8.97. The summed E-state index contributed by atoms with van der Waals surface area (Å²) in [5.74, 6) is -5.29. The topological polar surface area (TPSA) is 29.1 Å². The molecule has 1 amide bonds. The summed E-state index contributed by atoms with van der Waals surface area (Å²) in [5.41, 5.74) is -0.740. The monoisotopic (exact) mass is 269 g/mol. The zero-order valence-electron chi connectivity index (χ0n) is 9.38. The van der Waals surface area contributed by atoms with Gasteiger partial charge in [-0.05, 0) is 24.3 Å². The molecule has 0 radical (unpaired) electrons. The number of hydrogen-bond acceptors (Lipinski definition) is 1. The van der Waals surface area contributed by atoms with E-state index in [1.54, 1.807) is 0 Å². The average Bonchev–Trinajstić information content (AvgIpc) is 2.31. The molecule has 0 unspecified atom stereocenters. The minimum Gasteiger partial charge on any atom is -0.322 e. The van der Waals surface area contributed by atoms with Crippen LogP contribution in [0.5, 0.6) is 0 Å². The van der Waals surface area contributed by atoms with Crippen LogP contribution in [0, 0.1) is 23.3 Å². The highest BCUT2D eigenvalue weighted by atomic mass is 19.2. The van der Waals surface area contributed by atoms with Gasteiger partial charge in [0.15, 0.2) is 11.6 Å². The molecule has 0 aliphatic rings. The van der Waals surface area contributed by atoms with E-state index >= 15 is 0 Å². The SMILES string of the molecule is O=C(Nc1cc(F)cc(F)c1)c1cccc(F)c1F. The zero-order chi connectivity index (χ0) is 14.0.